The Labute approximate surface area is 114 Å². The quantitative estimate of drug-likeness (QED) is 0.833. The van der Waals surface area contributed by atoms with Gasteiger partial charge in [-0.25, -0.2) is 0 Å². The third kappa shape index (κ3) is 4.04. The smallest absolute Gasteiger partial charge is 0.237 e. The summed E-state index contributed by atoms with van der Waals surface area (Å²) >= 11 is 0. The Hall–Kier alpha value is -1.39. The molecule has 0 aromatic heterocycles. The number of aryl methyl sites for hydroxylation is 1. The van der Waals surface area contributed by atoms with E-state index < -0.39 is 0 Å². The molecule has 0 aliphatic carbocycles. The van der Waals surface area contributed by atoms with Crippen molar-refractivity contribution in [2.24, 2.45) is 0 Å². The van der Waals surface area contributed by atoms with Crippen LogP contribution in [0.15, 0.2) is 24.3 Å². The van der Waals surface area contributed by atoms with E-state index in [4.69, 9.17) is 4.74 Å². The van der Waals surface area contributed by atoms with Crippen LogP contribution in [0.5, 0.6) is 0 Å². The fraction of sp³-hybridized carbons (Fsp3) is 0.533. The van der Waals surface area contributed by atoms with Crippen LogP contribution in [-0.2, 0) is 16.0 Å². The van der Waals surface area contributed by atoms with Gasteiger partial charge in [0.05, 0.1) is 12.1 Å². The van der Waals surface area contributed by atoms with Crippen molar-refractivity contribution in [1.29, 1.82) is 0 Å². The molecule has 1 aromatic rings. The van der Waals surface area contributed by atoms with Crippen LogP contribution in [0.4, 0.5) is 0 Å². The second kappa shape index (κ2) is 6.68. The van der Waals surface area contributed by atoms with Crippen LogP contribution in [-0.4, -0.2) is 38.3 Å². The molecule has 1 fully saturated rings. The summed E-state index contributed by atoms with van der Waals surface area (Å²) in [4.78, 5) is 11.9. The molecule has 2 N–H and O–H groups in total. The third-order valence-electron chi connectivity index (χ3n) is 3.54. The average molecular weight is 262 g/mol. The van der Waals surface area contributed by atoms with Crippen molar-refractivity contribution in [3.8, 4) is 0 Å². The number of hydrogen-bond donors (Lipinski definition) is 2. The number of carbonyl (C=O) groups excluding carboxylic acids is 1. The first-order chi connectivity index (χ1) is 9.19. The summed E-state index contributed by atoms with van der Waals surface area (Å²) < 4.78 is 5.24. The van der Waals surface area contributed by atoms with Gasteiger partial charge in [0.2, 0.25) is 5.91 Å². The van der Waals surface area contributed by atoms with Crippen LogP contribution < -0.4 is 10.6 Å². The molecule has 2 atom stereocenters. The molecule has 1 amide bonds. The zero-order valence-corrected chi connectivity index (χ0v) is 11.6. The zero-order chi connectivity index (χ0) is 13.7. The van der Waals surface area contributed by atoms with Crippen molar-refractivity contribution in [1.82, 2.24) is 10.6 Å². The average Bonchev–Trinajstić information content (AvgIpc) is 2.87. The Morgan fingerprint density at radius 1 is 1.53 bits per heavy atom. The first kappa shape index (κ1) is 14.0. The summed E-state index contributed by atoms with van der Waals surface area (Å²) in [7, 11) is 1.68. The van der Waals surface area contributed by atoms with Crippen LogP contribution >= 0.6 is 0 Å². The molecule has 1 heterocycles. The molecule has 19 heavy (non-hydrogen) atoms. The van der Waals surface area contributed by atoms with Gasteiger partial charge in [0.1, 0.15) is 0 Å². The van der Waals surface area contributed by atoms with Crippen molar-refractivity contribution >= 4 is 5.91 Å². The molecule has 2 unspecified atom stereocenters. The highest BCUT2D eigenvalue weighted by Gasteiger charge is 2.28. The van der Waals surface area contributed by atoms with Gasteiger partial charge in [0, 0.05) is 20.2 Å². The lowest BCUT2D eigenvalue weighted by atomic mass is 10.1. The van der Waals surface area contributed by atoms with Gasteiger partial charge in [0.15, 0.2) is 0 Å². The van der Waals surface area contributed by atoms with Crippen molar-refractivity contribution in [3.63, 3.8) is 0 Å². The van der Waals surface area contributed by atoms with Gasteiger partial charge in [-0.1, -0.05) is 29.8 Å². The summed E-state index contributed by atoms with van der Waals surface area (Å²) in [5.41, 5.74) is 2.51. The Kier molecular flexibility index (Phi) is 4.93. The lowest BCUT2D eigenvalue weighted by molar-refractivity contribution is -0.122. The fourth-order valence-corrected chi connectivity index (χ4v) is 2.40. The third-order valence-corrected chi connectivity index (χ3v) is 3.54. The van der Waals surface area contributed by atoms with Gasteiger partial charge >= 0.3 is 0 Å². The summed E-state index contributed by atoms with van der Waals surface area (Å²) in [6.45, 7) is 3.51. The van der Waals surface area contributed by atoms with Gasteiger partial charge in [-0.05, 0) is 25.3 Å². The van der Waals surface area contributed by atoms with Gasteiger partial charge in [0.25, 0.3) is 0 Å². The van der Waals surface area contributed by atoms with Crippen molar-refractivity contribution in [3.05, 3.63) is 35.4 Å². The molecule has 0 spiro atoms. The lowest BCUT2D eigenvalue weighted by Gasteiger charge is -2.11. The summed E-state index contributed by atoms with van der Waals surface area (Å²) in [5, 5.41) is 6.16. The van der Waals surface area contributed by atoms with E-state index >= 15 is 0 Å². The summed E-state index contributed by atoms with van der Waals surface area (Å²) in [6, 6.07) is 8.26. The molecule has 1 aromatic carbocycles. The number of methoxy groups -OCH3 is 1. The number of hydrogen-bond acceptors (Lipinski definition) is 3. The maximum absolute atomic E-state index is 11.9. The molecule has 4 heteroatoms. The van der Waals surface area contributed by atoms with Crippen LogP contribution in [0.3, 0.4) is 0 Å². The highest BCUT2D eigenvalue weighted by Crippen LogP contribution is 2.09. The number of nitrogens with one attached hydrogen (secondary N) is 2. The van der Waals surface area contributed by atoms with E-state index in [0.29, 0.717) is 6.54 Å². The second-order valence-corrected chi connectivity index (χ2v) is 5.08. The summed E-state index contributed by atoms with van der Waals surface area (Å²) in [6.07, 6.45) is 1.79. The molecule has 1 aliphatic rings. The molecular formula is C15H22N2O2. The predicted octanol–water partition coefficient (Wildman–Crippen LogP) is 1.03. The van der Waals surface area contributed by atoms with E-state index in [2.05, 4.69) is 35.8 Å². The summed E-state index contributed by atoms with van der Waals surface area (Å²) in [5.74, 6) is 0.0761. The normalized spacial score (nSPS) is 22.4. The van der Waals surface area contributed by atoms with Crippen molar-refractivity contribution < 1.29 is 9.53 Å². The van der Waals surface area contributed by atoms with E-state index in [1.54, 1.807) is 7.11 Å². The number of benzene rings is 1. The largest absolute Gasteiger partial charge is 0.380 e. The van der Waals surface area contributed by atoms with E-state index in [1.807, 2.05) is 6.07 Å². The highest BCUT2D eigenvalue weighted by molar-refractivity contribution is 5.82. The number of ether oxygens (including phenoxy) is 1. The predicted molar refractivity (Wildman–Crippen MR) is 75.1 cm³/mol. The molecule has 1 saturated heterocycles. The minimum absolute atomic E-state index is 0.0761. The van der Waals surface area contributed by atoms with Gasteiger partial charge in [-0.15, -0.1) is 0 Å². The minimum atomic E-state index is -0.109. The highest BCUT2D eigenvalue weighted by atomic mass is 16.5. The topological polar surface area (TPSA) is 50.4 Å². The van der Waals surface area contributed by atoms with Gasteiger partial charge in [-0.3, -0.25) is 4.79 Å². The monoisotopic (exact) mass is 262 g/mol. The number of amides is 1. The van der Waals surface area contributed by atoms with E-state index in [-0.39, 0.29) is 18.1 Å². The Balaban J connectivity index is 1.72. The van der Waals surface area contributed by atoms with Crippen LogP contribution in [0.1, 0.15) is 17.5 Å². The number of rotatable bonds is 5. The molecule has 4 nitrogen and oxygen atoms in total. The minimum Gasteiger partial charge on any atom is -0.380 e. The van der Waals surface area contributed by atoms with Crippen molar-refractivity contribution in [2.45, 2.75) is 31.9 Å². The van der Waals surface area contributed by atoms with Crippen LogP contribution in [0, 0.1) is 6.92 Å². The van der Waals surface area contributed by atoms with Gasteiger partial charge < -0.3 is 15.4 Å². The van der Waals surface area contributed by atoms with Crippen LogP contribution in [0.25, 0.3) is 0 Å². The molecule has 0 radical (unpaired) electrons. The number of carbonyl (C=O) groups is 1. The zero-order valence-electron chi connectivity index (χ0n) is 11.6. The Morgan fingerprint density at radius 3 is 3.05 bits per heavy atom. The maximum Gasteiger partial charge on any atom is 0.237 e. The molecule has 0 saturated carbocycles. The molecule has 104 valence electrons. The lowest BCUT2D eigenvalue weighted by Crippen LogP contribution is -2.41. The molecule has 1 aliphatic heterocycles. The first-order valence-corrected chi connectivity index (χ1v) is 6.78. The molecule has 2 rings (SSSR count). The first-order valence-electron chi connectivity index (χ1n) is 6.78. The fourth-order valence-electron chi connectivity index (χ4n) is 2.40. The van der Waals surface area contributed by atoms with Gasteiger partial charge in [-0.2, -0.15) is 0 Å². The van der Waals surface area contributed by atoms with Crippen molar-refractivity contribution in [2.75, 3.05) is 20.2 Å². The van der Waals surface area contributed by atoms with E-state index in [9.17, 15) is 4.79 Å². The maximum atomic E-state index is 11.9. The standard InChI is InChI=1S/C15H22N2O2/c1-11-4-3-5-12(8-11)6-7-16-15(18)14-9-13(19-2)10-17-14/h3-5,8,13-14,17H,6-7,9-10H2,1-2H3,(H,16,18). The molecule has 0 bridgehead atoms. The van der Waals surface area contributed by atoms with Crippen LogP contribution in [0.2, 0.25) is 0 Å². The Morgan fingerprint density at radius 2 is 2.37 bits per heavy atom. The second-order valence-electron chi connectivity index (χ2n) is 5.08. The van der Waals surface area contributed by atoms with E-state index in [0.717, 1.165) is 19.4 Å². The van der Waals surface area contributed by atoms with E-state index in [1.165, 1.54) is 11.1 Å². The Bertz CT molecular complexity index is 434. The SMILES string of the molecule is COC1CNC(C(=O)NCCc2cccc(C)c2)C1. The molecular weight excluding hydrogens is 240 g/mol.